The van der Waals surface area contributed by atoms with Crippen molar-refractivity contribution in [2.45, 2.75) is 71.3 Å². The van der Waals surface area contributed by atoms with E-state index >= 15 is 0 Å². The number of carbonyl (C=O) groups is 1. The van der Waals surface area contributed by atoms with Gasteiger partial charge in [0.2, 0.25) is 0 Å². The molecule has 0 amide bonds. The molecule has 2 atom stereocenters. The molecule has 1 aliphatic carbocycles. The Bertz CT molecular complexity index is 502. The molecule has 0 aliphatic heterocycles. The van der Waals surface area contributed by atoms with E-state index in [0.717, 1.165) is 31.2 Å². The molecule has 0 aromatic heterocycles. The molecule has 122 valence electrons. The van der Waals surface area contributed by atoms with Crippen LogP contribution in [0.25, 0.3) is 0 Å². The van der Waals surface area contributed by atoms with Gasteiger partial charge in [-0.05, 0) is 43.1 Å². The molecule has 0 heterocycles. The van der Waals surface area contributed by atoms with Crippen molar-refractivity contribution in [1.29, 1.82) is 0 Å². The number of ether oxygens (including phenoxy) is 2. The third-order valence-corrected chi connectivity index (χ3v) is 4.50. The molecular formula is C19H28O3. The van der Waals surface area contributed by atoms with E-state index in [1.54, 1.807) is 0 Å². The molecule has 3 heteroatoms. The van der Waals surface area contributed by atoms with Gasteiger partial charge in [0.25, 0.3) is 0 Å². The first kappa shape index (κ1) is 16.9. The molecule has 0 saturated heterocycles. The van der Waals surface area contributed by atoms with Crippen LogP contribution < -0.4 is 4.74 Å². The molecule has 1 fully saturated rings. The van der Waals surface area contributed by atoms with E-state index in [1.165, 1.54) is 6.42 Å². The van der Waals surface area contributed by atoms with Gasteiger partial charge in [0.15, 0.2) is 0 Å². The second-order valence-electron chi connectivity index (χ2n) is 7.21. The van der Waals surface area contributed by atoms with E-state index in [9.17, 15) is 4.79 Å². The van der Waals surface area contributed by atoms with Crippen LogP contribution in [0.2, 0.25) is 0 Å². The van der Waals surface area contributed by atoms with E-state index in [1.807, 2.05) is 24.3 Å². The Hall–Kier alpha value is -1.51. The SMILES string of the molecule is CCC1CCCCC1OC(=O)Oc1ccccc1C(C)(C)C. The third-order valence-electron chi connectivity index (χ3n) is 4.50. The Morgan fingerprint density at radius 2 is 1.86 bits per heavy atom. The van der Waals surface area contributed by atoms with Gasteiger partial charge in [-0.3, -0.25) is 0 Å². The van der Waals surface area contributed by atoms with Crippen molar-refractivity contribution in [2.75, 3.05) is 0 Å². The van der Waals surface area contributed by atoms with Crippen molar-refractivity contribution in [1.82, 2.24) is 0 Å². The van der Waals surface area contributed by atoms with Crippen LogP contribution in [0.1, 0.15) is 65.4 Å². The quantitative estimate of drug-likeness (QED) is 0.549. The summed E-state index contributed by atoms with van der Waals surface area (Å²) >= 11 is 0. The minimum atomic E-state index is -0.568. The van der Waals surface area contributed by atoms with Crippen LogP contribution in [0.4, 0.5) is 4.79 Å². The van der Waals surface area contributed by atoms with Gasteiger partial charge >= 0.3 is 6.16 Å². The van der Waals surface area contributed by atoms with Crippen LogP contribution in [-0.4, -0.2) is 12.3 Å². The Labute approximate surface area is 134 Å². The van der Waals surface area contributed by atoms with Crippen LogP contribution in [0.5, 0.6) is 5.75 Å². The first-order chi connectivity index (χ1) is 10.4. The summed E-state index contributed by atoms with van der Waals surface area (Å²) in [5.74, 6) is 1.07. The number of carbonyl (C=O) groups excluding carboxylic acids is 1. The maximum absolute atomic E-state index is 12.2. The van der Waals surface area contributed by atoms with Gasteiger partial charge in [-0.15, -0.1) is 0 Å². The zero-order valence-corrected chi connectivity index (χ0v) is 14.2. The zero-order chi connectivity index (χ0) is 16.2. The molecule has 1 aromatic carbocycles. The van der Waals surface area contributed by atoms with E-state index in [2.05, 4.69) is 27.7 Å². The predicted octanol–water partition coefficient (Wildman–Crippen LogP) is 5.47. The highest BCUT2D eigenvalue weighted by molar-refractivity contribution is 5.65. The molecule has 3 nitrogen and oxygen atoms in total. The predicted molar refractivity (Wildman–Crippen MR) is 88.3 cm³/mol. The number of para-hydroxylation sites is 1. The molecule has 2 unspecified atom stereocenters. The van der Waals surface area contributed by atoms with Crippen molar-refractivity contribution in [3.63, 3.8) is 0 Å². The van der Waals surface area contributed by atoms with Crippen molar-refractivity contribution in [3.8, 4) is 5.75 Å². The molecule has 1 saturated carbocycles. The Morgan fingerprint density at radius 1 is 1.18 bits per heavy atom. The Kier molecular flexibility index (Phi) is 5.49. The van der Waals surface area contributed by atoms with Gasteiger partial charge < -0.3 is 9.47 Å². The maximum atomic E-state index is 12.2. The van der Waals surface area contributed by atoms with Crippen LogP contribution in [0.15, 0.2) is 24.3 Å². The Morgan fingerprint density at radius 3 is 2.55 bits per heavy atom. The number of hydrogen-bond acceptors (Lipinski definition) is 3. The van der Waals surface area contributed by atoms with Crippen LogP contribution >= 0.6 is 0 Å². The van der Waals surface area contributed by atoms with E-state index in [-0.39, 0.29) is 11.5 Å². The van der Waals surface area contributed by atoms with Gasteiger partial charge in [0, 0.05) is 5.56 Å². The first-order valence-corrected chi connectivity index (χ1v) is 8.39. The lowest BCUT2D eigenvalue weighted by molar-refractivity contribution is 0.0100. The second kappa shape index (κ2) is 7.17. The molecule has 0 bridgehead atoms. The lowest BCUT2D eigenvalue weighted by Crippen LogP contribution is -2.31. The number of rotatable bonds is 3. The normalized spacial score (nSPS) is 22.2. The standard InChI is InChI=1S/C19H28O3/c1-5-14-10-6-8-12-16(14)21-18(20)22-17-13-9-7-11-15(17)19(2,3)4/h7,9,11,13-14,16H,5-6,8,10,12H2,1-4H3. The minimum Gasteiger partial charge on any atom is -0.430 e. The largest absolute Gasteiger partial charge is 0.514 e. The fraction of sp³-hybridized carbons (Fsp3) is 0.632. The van der Waals surface area contributed by atoms with E-state index < -0.39 is 6.16 Å². The molecule has 0 radical (unpaired) electrons. The van der Waals surface area contributed by atoms with E-state index in [4.69, 9.17) is 9.47 Å². The lowest BCUT2D eigenvalue weighted by Gasteiger charge is -2.30. The summed E-state index contributed by atoms with van der Waals surface area (Å²) in [6.07, 6.45) is 4.96. The molecule has 1 aliphatic rings. The lowest BCUT2D eigenvalue weighted by atomic mass is 9.85. The topological polar surface area (TPSA) is 35.5 Å². The molecule has 1 aromatic rings. The second-order valence-corrected chi connectivity index (χ2v) is 7.21. The first-order valence-electron chi connectivity index (χ1n) is 8.39. The average Bonchev–Trinajstić information content (AvgIpc) is 2.47. The summed E-state index contributed by atoms with van der Waals surface area (Å²) in [6.45, 7) is 8.48. The monoisotopic (exact) mass is 304 g/mol. The fourth-order valence-corrected chi connectivity index (χ4v) is 3.21. The summed E-state index contributed by atoms with van der Waals surface area (Å²) in [5.41, 5.74) is 0.941. The van der Waals surface area contributed by atoms with Gasteiger partial charge in [-0.2, -0.15) is 0 Å². The van der Waals surface area contributed by atoms with Crippen molar-refractivity contribution in [3.05, 3.63) is 29.8 Å². The van der Waals surface area contributed by atoms with Gasteiger partial charge in [-0.1, -0.05) is 52.3 Å². The summed E-state index contributed by atoms with van der Waals surface area (Å²) in [5, 5.41) is 0. The summed E-state index contributed by atoms with van der Waals surface area (Å²) in [4.78, 5) is 12.2. The zero-order valence-electron chi connectivity index (χ0n) is 14.2. The van der Waals surface area contributed by atoms with Crippen LogP contribution in [0.3, 0.4) is 0 Å². The highest BCUT2D eigenvalue weighted by atomic mass is 16.7. The van der Waals surface area contributed by atoms with Gasteiger partial charge in [0.1, 0.15) is 11.9 Å². The molecule has 22 heavy (non-hydrogen) atoms. The van der Waals surface area contributed by atoms with E-state index in [0.29, 0.717) is 11.7 Å². The molecule has 2 rings (SSSR count). The van der Waals surface area contributed by atoms with Gasteiger partial charge in [0.05, 0.1) is 0 Å². The highest BCUT2D eigenvalue weighted by Crippen LogP contribution is 2.32. The average molecular weight is 304 g/mol. The smallest absolute Gasteiger partial charge is 0.430 e. The molecular weight excluding hydrogens is 276 g/mol. The number of hydrogen-bond donors (Lipinski definition) is 0. The third kappa shape index (κ3) is 4.25. The molecule has 0 spiro atoms. The van der Waals surface area contributed by atoms with Crippen molar-refractivity contribution < 1.29 is 14.3 Å². The van der Waals surface area contributed by atoms with Crippen LogP contribution in [0, 0.1) is 5.92 Å². The van der Waals surface area contributed by atoms with Gasteiger partial charge in [-0.25, -0.2) is 4.79 Å². The van der Waals surface area contributed by atoms with Crippen molar-refractivity contribution in [2.24, 2.45) is 5.92 Å². The maximum Gasteiger partial charge on any atom is 0.514 e. The minimum absolute atomic E-state index is 0.00745. The summed E-state index contributed by atoms with van der Waals surface area (Å²) in [6, 6.07) is 7.68. The Balaban J connectivity index is 2.03. The fourth-order valence-electron chi connectivity index (χ4n) is 3.21. The number of benzene rings is 1. The highest BCUT2D eigenvalue weighted by Gasteiger charge is 2.28. The molecule has 0 N–H and O–H groups in total. The summed E-state index contributed by atoms with van der Waals surface area (Å²) in [7, 11) is 0. The summed E-state index contributed by atoms with van der Waals surface area (Å²) < 4.78 is 11.1. The van der Waals surface area contributed by atoms with Crippen molar-refractivity contribution >= 4 is 6.16 Å². The van der Waals surface area contributed by atoms with Crippen LogP contribution in [-0.2, 0) is 10.2 Å².